The maximum atomic E-state index is 4.85. The van der Waals surface area contributed by atoms with E-state index >= 15 is 0 Å². The van der Waals surface area contributed by atoms with Gasteiger partial charge in [-0.1, -0.05) is 26.3 Å². The Labute approximate surface area is 120 Å². The second kappa shape index (κ2) is 5.65. The van der Waals surface area contributed by atoms with E-state index in [2.05, 4.69) is 41.0 Å². The molecule has 0 spiro atoms. The molecule has 1 aliphatic heterocycles. The van der Waals surface area contributed by atoms with E-state index in [-0.39, 0.29) is 0 Å². The molecule has 2 atom stereocenters. The van der Waals surface area contributed by atoms with Crippen LogP contribution < -0.4 is 5.32 Å². The smallest absolute Gasteiger partial charge is 0.125 e. The summed E-state index contributed by atoms with van der Waals surface area (Å²) in [5.41, 5.74) is 2.44. The van der Waals surface area contributed by atoms with Gasteiger partial charge < -0.3 is 5.32 Å². The zero-order chi connectivity index (χ0) is 13.9. The Kier molecular flexibility index (Phi) is 3.72. The topological polar surface area (TPSA) is 42.7 Å². The van der Waals surface area contributed by atoms with Gasteiger partial charge >= 0.3 is 0 Å². The van der Waals surface area contributed by atoms with Gasteiger partial charge in [-0.15, -0.1) is 0 Å². The summed E-state index contributed by atoms with van der Waals surface area (Å²) in [5, 5.41) is 8.31. The van der Waals surface area contributed by atoms with Crippen LogP contribution in [-0.4, -0.2) is 21.3 Å². The third-order valence-electron chi connectivity index (χ3n) is 4.07. The van der Waals surface area contributed by atoms with E-state index in [9.17, 15) is 0 Å². The Balaban J connectivity index is 1.93. The summed E-state index contributed by atoms with van der Waals surface area (Å²) in [5.74, 6) is 1.66. The molecule has 106 valence electrons. The van der Waals surface area contributed by atoms with E-state index in [1.807, 2.05) is 18.5 Å². The molecule has 0 aliphatic carbocycles. The predicted octanol–water partition coefficient (Wildman–Crippen LogP) is 3.59. The van der Waals surface area contributed by atoms with Gasteiger partial charge in [0, 0.05) is 30.9 Å². The molecule has 3 heterocycles. The van der Waals surface area contributed by atoms with Crippen LogP contribution >= 0.6 is 0 Å². The fourth-order valence-corrected chi connectivity index (χ4v) is 2.94. The van der Waals surface area contributed by atoms with Gasteiger partial charge in [-0.2, -0.15) is 5.10 Å². The fourth-order valence-electron chi connectivity index (χ4n) is 2.94. The first-order valence-electron chi connectivity index (χ1n) is 7.53. The quantitative estimate of drug-likeness (QED) is 0.923. The van der Waals surface area contributed by atoms with Gasteiger partial charge in [0.2, 0.25) is 0 Å². The highest BCUT2D eigenvalue weighted by Crippen LogP contribution is 2.32. The number of hydrogen-bond donors (Lipinski definition) is 1. The van der Waals surface area contributed by atoms with E-state index in [0.717, 1.165) is 18.8 Å². The molecule has 3 rings (SSSR count). The van der Waals surface area contributed by atoms with Gasteiger partial charge in [0.1, 0.15) is 5.82 Å². The van der Waals surface area contributed by atoms with Crippen LogP contribution in [0.2, 0.25) is 0 Å². The lowest BCUT2D eigenvalue weighted by Crippen LogP contribution is -2.24. The molecule has 0 fully saturated rings. The van der Waals surface area contributed by atoms with Gasteiger partial charge in [-0.05, 0) is 24.5 Å². The summed E-state index contributed by atoms with van der Waals surface area (Å²) >= 11 is 0. The van der Waals surface area contributed by atoms with Crippen LogP contribution in [0.4, 0.5) is 5.82 Å². The van der Waals surface area contributed by atoms with E-state index in [1.165, 1.54) is 24.1 Å². The minimum Gasteiger partial charge on any atom is -0.370 e. The van der Waals surface area contributed by atoms with Crippen molar-refractivity contribution in [1.29, 1.82) is 0 Å². The van der Waals surface area contributed by atoms with Crippen LogP contribution in [0.5, 0.6) is 0 Å². The van der Waals surface area contributed by atoms with Crippen LogP contribution in [0.25, 0.3) is 0 Å². The number of hydrogen-bond acceptors (Lipinski definition) is 3. The Morgan fingerprint density at radius 2 is 2.40 bits per heavy atom. The van der Waals surface area contributed by atoms with Gasteiger partial charge in [0.25, 0.3) is 0 Å². The lowest BCUT2D eigenvalue weighted by atomic mass is 10.0. The molecular formula is C16H22N4. The molecular weight excluding hydrogens is 248 g/mol. The monoisotopic (exact) mass is 270 g/mol. The normalized spacial score (nSPS) is 19.2. The van der Waals surface area contributed by atoms with Crippen molar-refractivity contribution in [1.82, 2.24) is 14.8 Å². The van der Waals surface area contributed by atoms with Crippen LogP contribution in [-0.2, 0) is 0 Å². The number of fused-ring (bicyclic) bond motifs is 1. The third-order valence-corrected chi connectivity index (χ3v) is 4.07. The summed E-state index contributed by atoms with van der Waals surface area (Å²) < 4.78 is 2.14. The number of rotatable bonds is 4. The van der Waals surface area contributed by atoms with Gasteiger partial charge in [0.15, 0.2) is 0 Å². The maximum Gasteiger partial charge on any atom is 0.125 e. The van der Waals surface area contributed by atoms with Crippen molar-refractivity contribution in [3.05, 3.63) is 41.9 Å². The molecule has 0 radical (unpaired) electrons. The molecule has 0 saturated heterocycles. The fraction of sp³-hybridized carbons (Fsp3) is 0.500. The molecule has 0 aromatic carbocycles. The molecule has 0 amide bonds. The number of nitrogens with zero attached hydrogens (tertiary/aromatic N) is 3. The molecule has 0 saturated carbocycles. The maximum absolute atomic E-state index is 4.85. The van der Waals surface area contributed by atoms with Crippen LogP contribution in [0.3, 0.4) is 0 Å². The average molecular weight is 270 g/mol. The van der Waals surface area contributed by atoms with E-state index in [1.54, 1.807) is 0 Å². The molecule has 2 unspecified atom stereocenters. The predicted molar refractivity (Wildman–Crippen MR) is 81.0 cm³/mol. The number of aromatic nitrogens is 3. The molecule has 4 heteroatoms. The van der Waals surface area contributed by atoms with Crippen LogP contribution in [0, 0.1) is 0 Å². The molecule has 1 aliphatic rings. The molecule has 2 aromatic rings. The van der Waals surface area contributed by atoms with Crippen molar-refractivity contribution in [3.8, 4) is 0 Å². The highest BCUT2D eigenvalue weighted by molar-refractivity contribution is 5.42. The van der Waals surface area contributed by atoms with Crippen molar-refractivity contribution >= 4 is 5.82 Å². The first-order valence-corrected chi connectivity index (χ1v) is 7.53. The molecule has 20 heavy (non-hydrogen) atoms. The Morgan fingerprint density at radius 1 is 1.50 bits per heavy atom. The summed E-state index contributed by atoms with van der Waals surface area (Å²) in [6.07, 6.45) is 7.22. The van der Waals surface area contributed by atoms with Gasteiger partial charge in [-0.25, -0.2) is 4.68 Å². The number of nitrogens with one attached hydrogen (secondary N) is 1. The first-order chi connectivity index (χ1) is 9.79. The number of pyridine rings is 1. The van der Waals surface area contributed by atoms with Gasteiger partial charge in [0.05, 0.1) is 11.7 Å². The summed E-state index contributed by atoms with van der Waals surface area (Å²) in [7, 11) is 0. The Hall–Kier alpha value is -1.84. The molecule has 2 aromatic heterocycles. The summed E-state index contributed by atoms with van der Waals surface area (Å²) in [6.45, 7) is 5.48. The lowest BCUT2D eigenvalue weighted by molar-refractivity contribution is 0.472. The average Bonchev–Trinajstić information content (AvgIpc) is 2.92. The van der Waals surface area contributed by atoms with E-state index in [0.29, 0.717) is 12.0 Å². The minimum absolute atomic E-state index is 0.308. The lowest BCUT2D eigenvalue weighted by Gasteiger charge is -2.25. The van der Waals surface area contributed by atoms with Crippen LogP contribution in [0.1, 0.15) is 56.3 Å². The van der Waals surface area contributed by atoms with Crippen molar-refractivity contribution in [2.24, 2.45) is 0 Å². The van der Waals surface area contributed by atoms with Crippen LogP contribution in [0.15, 0.2) is 30.6 Å². The largest absolute Gasteiger partial charge is 0.370 e. The standard InChI is InChI=1S/C16H22N4/c1-3-5-12(2)14-10-16-18-9-7-15(20(16)19-14)13-6-4-8-17-11-13/h4,6,8,10-12,15,18H,3,5,7,9H2,1-2H3. The second-order valence-electron chi connectivity index (χ2n) is 5.61. The molecule has 0 bridgehead atoms. The minimum atomic E-state index is 0.308. The Morgan fingerprint density at radius 3 is 3.15 bits per heavy atom. The summed E-state index contributed by atoms with van der Waals surface area (Å²) in [4.78, 5) is 4.24. The van der Waals surface area contributed by atoms with E-state index in [4.69, 9.17) is 5.10 Å². The van der Waals surface area contributed by atoms with Crippen molar-refractivity contribution < 1.29 is 0 Å². The second-order valence-corrected chi connectivity index (χ2v) is 5.61. The van der Waals surface area contributed by atoms with E-state index < -0.39 is 0 Å². The van der Waals surface area contributed by atoms with Gasteiger partial charge in [-0.3, -0.25) is 4.98 Å². The highest BCUT2D eigenvalue weighted by atomic mass is 15.4. The van der Waals surface area contributed by atoms with Crippen molar-refractivity contribution in [2.45, 2.75) is 45.1 Å². The zero-order valence-corrected chi connectivity index (χ0v) is 12.2. The molecule has 1 N–H and O–H groups in total. The first kappa shape index (κ1) is 13.2. The Bertz CT molecular complexity index is 561. The SMILES string of the molecule is CCCC(C)c1cc2n(n1)C(c1cccnc1)CCN2. The molecule has 4 nitrogen and oxygen atoms in total. The van der Waals surface area contributed by atoms with Crippen molar-refractivity contribution in [3.63, 3.8) is 0 Å². The highest BCUT2D eigenvalue weighted by Gasteiger charge is 2.24. The van der Waals surface area contributed by atoms with Crippen molar-refractivity contribution in [2.75, 3.05) is 11.9 Å². The number of anilines is 1. The zero-order valence-electron chi connectivity index (χ0n) is 12.2. The third kappa shape index (κ3) is 2.42. The summed E-state index contributed by atoms with van der Waals surface area (Å²) in [6, 6.07) is 6.66.